The maximum atomic E-state index is 5.92. The van der Waals surface area contributed by atoms with Crippen molar-refractivity contribution in [3.63, 3.8) is 0 Å². The Morgan fingerprint density at radius 3 is 2.54 bits per heavy atom. The van der Waals surface area contributed by atoms with E-state index in [2.05, 4.69) is 49.5 Å². The number of hydrogen-bond acceptors (Lipinski definition) is 3. The predicted molar refractivity (Wildman–Crippen MR) is 102 cm³/mol. The van der Waals surface area contributed by atoms with Crippen LogP contribution in [-0.2, 0) is 13.2 Å². The van der Waals surface area contributed by atoms with Crippen LogP contribution in [0.5, 0.6) is 11.5 Å². The Bertz CT molecular complexity index is 616. The van der Waals surface area contributed by atoms with Gasteiger partial charge in [-0.1, -0.05) is 49.2 Å². The van der Waals surface area contributed by atoms with E-state index in [1.165, 1.54) is 24.0 Å². The van der Waals surface area contributed by atoms with Crippen LogP contribution >= 0.6 is 12.4 Å². The molecular weight excluding hydrogens is 322 g/mol. The number of hydrogen-bond donors (Lipinski definition) is 1. The number of unbranched alkanes of at least 4 members (excludes halogenated alkanes) is 1. The lowest BCUT2D eigenvalue weighted by molar-refractivity contribution is 0.284. The molecule has 0 bridgehead atoms. The zero-order valence-corrected chi connectivity index (χ0v) is 15.6. The number of halogens is 1. The van der Waals surface area contributed by atoms with E-state index in [0.717, 1.165) is 30.2 Å². The molecule has 2 aromatic carbocycles. The Morgan fingerprint density at radius 2 is 1.83 bits per heavy atom. The molecule has 24 heavy (non-hydrogen) atoms. The second-order valence-corrected chi connectivity index (χ2v) is 5.79. The van der Waals surface area contributed by atoms with Crippen molar-refractivity contribution >= 4 is 12.4 Å². The lowest BCUT2D eigenvalue weighted by atomic mass is 10.1. The van der Waals surface area contributed by atoms with Gasteiger partial charge in [0, 0.05) is 6.54 Å². The van der Waals surface area contributed by atoms with Gasteiger partial charge in [0.05, 0.1) is 7.11 Å². The van der Waals surface area contributed by atoms with Gasteiger partial charge in [0.1, 0.15) is 6.61 Å². The van der Waals surface area contributed by atoms with Crippen LogP contribution in [0, 0.1) is 6.92 Å². The first-order chi connectivity index (χ1) is 11.2. The molecule has 0 aliphatic carbocycles. The van der Waals surface area contributed by atoms with Crippen molar-refractivity contribution < 1.29 is 9.47 Å². The van der Waals surface area contributed by atoms with Crippen LogP contribution in [0.4, 0.5) is 0 Å². The fourth-order valence-electron chi connectivity index (χ4n) is 2.44. The third kappa shape index (κ3) is 6.42. The van der Waals surface area contributed by atoms with E-state index in [1.54, 1.807) is 7.11 Å². The molecule has 0 aliphatic rings. The minimum absolute atomic E-state index is 0. The third-order valence-corrected chi connectivity index (χ3v) is 3.74. The molecule has 0 fully saturated rings. The predicted octanol–water partition coefficient (Wildman–Crippen LogP) is 4.89. The topological polar surface area (TPSA) is 30.5 Å². The van der Waals surface area contributed by atoms with Crippen molar-refractivity contribution in [2.75, 3.05) is 13.7 Å². The van der Waals surface area contributed by atoms with Gasteiger partial charge in [-0.25, -0.2) is 0 Å². The lowest BCUT2D eigenvalue weighted by Gasteiger charge is -2.13. The van der Waals surface area contributed by atoms with Crippen molar-refractivity contribution in [1.82, 2.24) is 5.32 Å². The van der Waals surface area contributed by atoms with E-state index in [9.17, 15) is 0 Å². The van der Waals surface area contributed by atoms with Gasteiger partial charge in [-0.15, -0.1) is 12.4 Å². The Balaban J connectivity index is 0.00000288. The normalized spacial score (nSPS) is 10.1. The van der Waals surface area contributed by atoms with Gasteiger partial charge in [0.15, 0.2) is 11.5 Å². The Morgan fingerprint density at radius 1 is 1.00 bits per heavy atom. The number of nitrogens with one attached hydrogen (secondary N) is 1. The Kier molecular flexibility index (Phi) is 9.28. The molecule has 0 radical (unpaired) electrons. The fourth-order valence-corrected chi connectivity index (χ4v) is 2.44. The zero-order chi connectivity index (χ0) is 16.5. The molecule has 0 amide bonds. The zero-order valence-electron chi connectivity index (χ0n) is 14.8. The first-order valence-electron chi connectivity index (χ1n) is 8.29. The van der Waals surface area contributed by atoms with Crippen molar-refractivity contribution in [3.05, 3.63) is 59.2 Å². The quantitative estimate of drug-likeness (QED) is 0.653. The van der Waals surface area contributed by atoms with Gasteiger partial charge >= 0.3 is 0 Å². The molecule has 4 heteroatoms. The molecular formula is C20H28ClNO2. The summed E-state index contributed by atoms with van der Waals surface area (Å²) in [5.74, 6) is 1.57. The van der Waals surface area contributed by atoms with Gasteiger partial charge in [-0.05, 0) is 43.1 Å². The molecule has 0 unspecified atom stereocenters. The average molecular weight is 350 g/mol. The molecule has 2 aromatic rings. The van der Waals surface area contributed by atoms with Gasteiger partial charge in [-0.2, -0.15) is 0 Å². The van der Waals surface area contributed by atoms with Crippen LogP contribution in [0.1, 0.15) is 36.5 Å². The molecule has 132 valence electrons. The van der Waals surface area contributed by atoms with Gasteiger partial charge in [0.25, 0.3) is 0 Å². The summed E-state index contributed by atoms with van der Waals surface area (Å²) in [6.07, 6.45) is 2.41. The molecule has 0 saturated heterocycles. The molecule has 0 aliphatic heterocycles. The summed E-state index contributed by atoms with van der Waals surface area (Å²) in [6.45, 7) is 6.74. The standard InChI is InChI=1S/C20H27NO2.ClH/c1-4-5-11-21-14-17-9-10-19(20(13-17)22-3)23-15-18-8-6-7-16(2)12-18;/h6-10,12-13,21H,4-5,11,14-15H2,1-3H3;1H. The summed E-state index contributed by atoms with van der Waals surface area (Å²) < 4.78 is 11.4. The fraction of sp³-hybridized carbons (Fsp3) is 0.400. The van der Waals surface area contributed by atoms with Crippen molar-refractivity contribution in [2.24, 2.45) is 0 Å². The van der Waals surface area contributed by atoms with Crippen molar-refractivity contribution in [2.45, 2.75) is 39.8 Å². The van der Waals surface area contributed by atoms with Crippen LogP contribution in [0.3, 0.4) is 0 Å². The second kappa shape index (κ2) is 11.0. The van der Waals surface area contributed by atoms with E-state index in [-0.39, 0.29) is 12.4 Å². The largest absolute Gasteiger partial charge is 0.493 e. The molecule has 0 aromatic heterocycles. The highest BCUT2D eigenvalue weighted by atomic mass is 35.5. The van der Waals surface area contributed by atoms with Crippen LogP contribution in [-0.4, -0.2) is 13.7 Å². The molecule has 0 heterocycles. The minimum Gasteiger partial charge on any atom is -0.493 e. The summed E-state index contributed by atoms with van der Waals surface area (Å²) in [5, 5.41) is 3.44. The highest BCUT2D eigenvalue weighted by Gasteiger charge is 2.06. The summed E-state index contributed by atoms with van der Waals surface area (Å²) in [7, 11) is 1.68. The summed E-state index contributed by atoms with van der Waals surface area (Å²) in [6, 6.07) is 14.5. The van der Waals surface area contributed by atoms with Crippen molar-refractivity contribution in [1.29, 1.82) is 0 Å². The van der Waals surface area contributed by atoms with Gasteiger partial charge in [-0.3, -0.25) is 0 Å². The summed E-state index contributed by atoms with van der Waals surface area (Å²) in [5.41, 5.74) is 3.62. The number of ether oxygens (including phenoxy) is 2. The monoisotopic (exact) mass is 349 g/mol. The number of benzene rings is 2. The van der Waals surface area contributed by atoms with E-state index in [0.29, 0.717) is 6.61 Å². The highest BCUT2D eigenvalue weighted by Crippen LogP contribution is 2.28. The van der Waals surface area contributed by atoms with Crippen LogP contribution in [0.2, 0.25) is 0 Å². The summed E-state index contributed by atoms with van der Waals surface area (Å²) in [4.78, 5) is 0. The van der Waals surface area contributed by atoms with Gasteiger partial charge < -0.3 is 14.8 Å². The highest BCUT2D eigenvalue weighted by molar-refractivity contribution is 5.85. The Hall–Kier alpha value is -1.71. The molecule has 0 spiro atoms. The minimum atomic E-state index is 0. The first-order valence-corrected chi connectivity index (χ1v) is 8.29. The van der Waals surface area contributed by atoms with Gasteiger partial charge in [0.2, 0.25) is 0 Å². The van der Waals surface area contributed by atoms with E-state index >= 15 is 0 Å². The van der Waals surface area contributed by atoms with E-state index < -0.39 is 0 Å². The second-order valence-electron chi connectivity index (χ2n) is 5.79. The molecule has 0 atom stereocenters. The van der Waals surface area contributed by atoms with E-state index in [4.69, 9.17) is 9.47 Å². The maximum Gasteiger partial charge on any atom is 0.161 e. The SMILES string of the molecule is CCCCNCc1ccc(OCc2cccc(C)c2)c(OC)c1.Cl. The van der Waals surface area contributed by atoms with E-state index in [1.807, 2.05) is 12.1 Å². The molecule has 2 rings (SSSR count). The maximum absolute atomic E-state index is 5.92. The lowest BCUT2D eigenvalue weighted by Crippen LogP contribution is -2.14. The Labute approximate surface area is 151 Å². The molecule has 0 saturated carbocycles. The van der Waals surface area contributed by atoms with Crippen molar-refractivity contribution in [3.8, 4) is 11.5 Å². The number of rotatable bonds is 9. The van der Waals surface area contributed by atoms with Crippen LogP contribution in [0.15, 0.2) is 42.5 Å². The van der Waals surface area contributed by atoms with Crippen LogP contribution in [0.25, 0.3) is 0 Å². The average Bonchev–Trinajstić information content (AvgIpc) is 2.57. The smallest absolute Gasteiger partial charge is 0.161 e. The number of methoxy groups -OCH3 is 1. The first kappa shape index (κ1) is 20.3. The van der Waals surface area contributed by atoms with Crippen LogP contribution < -0.4 is 14.8 Å². The number of aryl methyl sites for hydroxylation is 1. The molecule has 3 nitrogen and oxygen atoms in total. The molecule has 1 N–H and O–H groups in total. The third-order valence-electron chi connectivity index (χ3n) is 3.74. The summed E-state index contributed by atoms with van der Waals surface area (Å²) >= 11 is 0.